The van der Waals surface area contributed by atoms with Crippen LogP contribution in [0.2, 0.25) is 0 Å². The maximum atomic E-state index is 11.9. The molecule has 1 heterocycles. The zero-order valence-electron chi connectivity index (χ0n) is 8.89. The van der Waals surface area contributed by atoms with Crippen LogP contribution in [0.3, 0.4) is 0 Å². The van der Waals surface area contributed by atoms with Gasteiger partial charge in [0.05, 0.1) is 10.8 Å². The van der Waals surface area contributed by atoms with Crippen molar-refractivity contribution in [2.75, 3.05) is 17.5 Å². The molecule has 15 heavy (non-hydrogen) atoms. The summed E-state index contributed by atoms with van der Waals surface area (Å²) < 4.78 is 0. The van der Waals surface area contributed by atoms with E-state index in [0.29, 0.717) is 11.8 Å². The summed E-state index contributed by atoms with van der Waals surface area (Å²) in [5.41, 5.74) is -0.474. The molecule has 1 aliphatic rings. The molecule has 5 heteroatoms. The Hall–Kier alpha value is 0.400. The Balaban J connectivity index is 2.46. The molecule has 1 unspecified atom stereocenters. The van der Waals surface area contributed by atoms with Crippen molar-refractivity contribution in [2.24, 2.45) is 0 Å². The van der Waals surface area contributed by atoms with Crippen LogP contribution >= 0.6 is 35.0 Å². The molecule has 1 atom stereocenters. The molecule has 0 spiro atoms. The van der Waals surface area contributed by atoms with Crippen LogP contribution in [-0.4, -0.2) is 34.2 Å². The zero-order valence-corrected chi connectivity index (χ0v) is 11.2. The molecule has 0 aromatic carbocycles. The van der Waals surface area contributed by atoms with Crippen LogP contribution in [0.1, 0.15) is 26.2 Å². The van der Waals surface area contributed by atoms with Gasteiger partial charge in [0.2, 0.25) is 5.91 Å². The lowest BCUT2D eigenvalue weighted by atomic mass is 10.1. The van der Waals surface area contributed by atoms with E-state index >= 15 is 0 Å². The molecule has 0 aromatic rings. The highest BCUT2D eigenvalue weighted by Crippen LogP contribution is 2.25. The third-order valence-electron chi connectivity index (χ3n) is 2.49. The number of hydrogen-bond acceptors (Lipinski definition) is 2. The predicted molar refractivity (Wildman–Crippen MR) is 68.1 cm³/mol. The molecule has 88 valence electrons. The zero-order chi connectivity index (χ0) is 11.3. The highest BCUT2D eigenvalue weighted by molar-refractivity contribution is 8.00. The molecular formula is C10H17Cl2NOS. The van der Waals surface area contributed by atoms with Gasteiger partial charge in [0.15, 0.2) is 0 Å². The molecule has 2 nitrogen and oxygen atoms in total. The minimum Gasteiger partial charge on any atom is -0.348 e. The van der Waals surface area contributed by atoms with E-state index in [0.717, 1.165) is 18.6 Å². The van der Waals surface area contributed by atoms with Gasteiger partial charge in [-0.25, -0.2) is 0 Å². The summed E-state index contributed by atoms with van der Waals surface area (Å²) in [6, 6.07) is 0. The van der Waals surface area contributed by atoms with Gasteiger partial charge in [0, 0.05) is 11.8 Å². The van der Waals surface area contributed by atoms with E-state index < -0.39 is 5.54 Å². The van der Waals surface area contributed by atoms with Crippen molar-refractivity contribution in [3.05, 3.63) is 0 Å². The summed E-state index contributed by atoms with van der Waals surface area (Å²) in [5, 5.41) is 3.03. The van der Waals surface area contributed by atoms with Crippen LogP contribution in [0, 0.1) is 0 Å². The number of carbonyl (C=O) groups is 1. The van der Waals surface area contributed by atoms with Crippen molar-refractivity contribution in [2.45, 2.75) is 37.0 Å². The van der Waals surface area contributed by atoms with E-state index in [1.54, 1.807) is 11.8 Å². The Morgan fingerprint density at radius 1 is 1.47 bits per heavy atom. The second-order valence-electron chi connectivity index (χ2n) is 4.17. The monoisotopic (exact) mass is 269 g/mol. The largest absolute Gasteiger partial charge is 0.348 e. The maximum absolute atomic E-state index is 11.9. The van der Waals surface area contributed by atoms with Gasteiger partial charge in [-0.05, 0) is 25.5 Å². The van der Waals surface area contributed by atoms with Crippen molar-refractivity contribution in [1.82, 2.24) is 5.32 Å². The first-order valence-electron chi connectivity index (χ1n) is 5.17. The predicted octanol–water partition coefficient (Wildman–Crippen LogP) is 2.62. The van der Waals surface area contributed by atoms with Gasteiger partial charge < -0.3 is 5.32 Å². The first-order chi connectivity index (χ1) is 7.11. The lowest BCUT2D eigenvalue weighted by molar-refractivity contribution is -0.122. The Morgan fingerprint density at radius 2 is 2.13 bits per heavy atom. The standard InChI is InChI=1S/C10H17Cl2NOS/c1-10(6-11,7-12)13-9(14)8-4-2-3-5-15-8/h8H,2-7H2,1H3,(H,13,14). The first kappa shape index (κ1) is 13.5. The molecule has 0 bridgehead atoms. The minimum absolute atomic E-state index is 0.0866. The average Bonchev–Trinajstić information content (AvgIpc) is 2.30. The number of hydrogen-bond donors (Lipinski definition) is 1. The summed E-state index contributed by atoms with van der Waals surface area (Å²) in [6.07, 6.45) is 3.33. The van der Waals surface area contributed by atoms with E-state index in [1.165, 1.54) is 6.42 Å². The SMILES string of the molecule is CC(CCl)(CCl)NC(=O)C1CCCCS1. The van der Waals surface area contributed by atoms with Crippen LogP contribution < -0.4 is 5.32 Å². The van der Waals surface area contributed by atoms with Crippen molar-refractivity contribution in [1.29, 1.82) is 0 Å². The van der Waals surface area contributed by atoms with E-state index in [9.17, 15) is 4.79 Å². The van der Waals surface area contributed by atoms with E-state index in [2.05, 4.69) is 5.32 Å². The molecule has 0 saturated carbocycles. The lowest BCUT2D eigenvalue weighted by Crippen LogP contribution is -2.52. The van der Waals surface area contributed by atoms with Crippen molar-refractivity contribution in [3.8, 4) is 0 Å². The number of nitrogens with one attached hydrogen (secondary N) is 1. The van der Waals surface area contributed by atoms with Crippen molar-refractivity contribution < 1.29 is 4.79 Å². The fraction of sp³-hybridized carbons (Fsp3) is 0.900. The fourth-order valence-corrected chi connectivity index (χ4v) is 3.05. The fourth-order valence-electron chi connectivity index (χ4n) is 1.43. The van der Waals surface area contributed by atoms with E-state index in [-0.39, 0.29) is 11.2 Å². The maximum Gasteiger partial charge on any atom is 0.233 e. The Kier molecular flexibility index (Phi) is 5.58. The molecule has 0 aliphatic carbocycles. The van der Waals surface area contributed by atoms with Crippen molar-refractivity contribution >= 4 is 40.9 Å². The topological polar surface area (TPSA) is 29.1 Å². The molecule has 0 radical (unpaired) electrons. The molecule has 1 fully saturated rings. The molecule has 1 rings (SSSR count). The summed E-state index contributed by atoms with van der Waals surface area (Å²) >= 11 is 13.3. The minimum atomic E-state index is -0.474. The van der Waals surface area contributed by atoms with Gasteiger partial charge in [0.25, 0.3) is 0 Å². The van der Waals surface area contributed by atoms with Gasteiger partial charge in [-0.15, -0.1) is 35.0 Å². The average molecular weight is 270 g/mol. The van der Waals surface area contributed by atoms with Gasteiger partial charge >= 0.3 is 0 Å². The molecular weight excluding hydrogens is 253 g/mol. The third kappa shape index (κ3) is 4.04. The van der Waals surface area contributed by atoms with Crippen molar-refractivity contribution in [3.63, 3.8) is 0 Å². The molecule has 1 amide bonds. The highest BCUT2D eigenvalue weighted by Gasteiger charge is 2.29. The normalized spacial score (nSPS) is 22.5. The van der Waals surface area contributed by atoms with Crippen LogP contribution in [-0.2, 0) is 4.79 Å². The number of alkyl halides is 2. The Bertz CT molecular complexity index is 215. The smallest absolute Gasteiger partial charge is 0.233 e. The number of rotatable bonds is 4. The summed E-state index contributed by atoms with van der Waals surface area (Å²) in [6.45, 7) is 1.87. The molecule has 0 aromatic heterocycles. The third-order valence-corrected chi connectivity index (χ3v) is 5.04. The number of halogens is 2. The Labute approximate surface area is 105 Å². The van der Waals surface area contributed by atoms with Crippen LogP contribution in [0.25, 0.3) is 0 Å². The van der Waals surface area contributed by atoms with Crippen LogP contribution in [0.4, 0.5) is 0 Å². The van der Waals surface area contributed by atoms with E-state index in [1.807, 2.05) is 6.92 Å². The number of amides is 1. The number of thioether (sulfide) groups is 1. The summed E-state index contributed by atoms with van der Waals surface area (Å²) in [7, 11) is 0. The molecule has 1 aliphatic heterocycles. The van der Waals surface area contributed by atoms with E-state index in [4.69, 9.17) is 23.2 Å². The number of carbonyl (C=O) groups excluding carboxylic acids is 1. The summed E-state index contributed by atoms with van der Waals surface area (Å²) in [4.78, 5) is 11.9. The van der Waals surface area contributed by atoms with Gasteiger partial charge in [-0.2, -0.15) is 0 Å². The quantitative estimate of drug-likeness (QED) is 0.796. The van der Waals surface area contributed by atoms with Gasteiger partial charge in [0.1, 0.15) is 0 Å². The second-order valence-corrected chi connectivity index (χ2v) is 6.02. The highest BCUT2D eigenvalue weighted by atomic mass is 35.5. The first-order valence-corrected chi connectivity index (χ1v) is 7.28. The van der Waals surface area contributed by atoms with Crippen LogP contribution in [0.5, 0.6) is 0 Å². The lowest BCUT2D eigenvalue weighted by Gasteiger charge is -2.29. The van der Waals surface area contributed by atoms with Crippen LogP contribution in [0.15, 0.2) is 0 Å². The molecule has 1 N–H and O–H groups in total. The summed E-state index contributed by atoms with van der Waals surface area (Å²) in [5.74, 6) is 1.86. The molecule has 1 saturated heterocycles. The Morgan fingerprint density at radius 3 is 2.60 bits per heavy atom. The second kappa shape index (κ2) is 6.21. The van der Waals surface area contributed by atoms with Gasteiger partial charge in [-0.3, -0.25) is 4.79 Å². The van der Waals surface area contributed by atoms with Gasteiger partial charge in [-0.1, -0.05) is 6.42 Å².